The molecule has 0 radical (unpaired) electrons. The second-order valence-electron chi connectivity index (χ2n) is 6.82. The average Bonchev–Trinajstić information content (AvgIpc) is 3.31. The Morgan fingerprint density at radius 1 is 0.933 bits per heavy atom. The summed E-state index contributed by atoms with van der Waals surface area (Å²) in [5, 5.41) is 2.92. The van der Waals surface area contributed by atoms with Crippen molar-refractivity contribution < 1.29 is 9.53 Å². The second-order valence-corrected chi connectivity index (χ2v) is 6.82. The molecule has 0 saturated heterocycles. The van der Waals surface area contributed by atoms with Crippen molar-refractivity contribution in [3.63, 3.8) is 0 Å². The number of anilines is 1. The lowest BCUT2D eigenvalue weighted by molar-refractivity contribution is -0.116. The summed E-state index contributed by atoms with van der Waals surface area (Å²) in [6.07, 6.45) is 7.47. The number of hydrogen-bond donors (Lipinski definition) is 1. The first-order chi connectivity index (χ1) is 14.8. The molecule has 0 fully saturated rings. The first-order valence-corrected chi connectivity index (χ1v) is 9.83. The van der Waals surface area contributed by atoms with Crippen LogP contribution in [0.25, 0.3) is 5.82 Å². The van der Waals surface area contributed by atoms with E-state index in [1.54, 1.807) is 18.2 Å². The molecule has 2 aromatic carbocycles. The molecule has 6 nitrogen and oxygen atoms in total. The van der Waals surface area contributed by atoms with E-state index in [-0.39, 0.29) is 5.91 Å². The maximum absolute atomic E-state index is 12.2. The van der Waals surface area contributed by atoms with E-state index in [0.717, 1.165) is 24.3 Å². The van der Waals surface area contributed by atoms with Crippen LogP contribution < -0.4 is 10.1 Å². The van der Waals surface area contributed by atoms with Crippen LogP contribution in [0.1, 0.15) is 18.4 Å². The van der Waals surface area contributed by atoms with Gasteiger partial charge in [0.15, 0.2) is 0 Å². The van der Waals surface area contributed by atoms with Gasteiger partial charge in [0.2, 0.25) is 11.8 Å². The van der Waals surface area contributed by atoms with E-state index in [2.05, 4.69) is 27.4 Å². The molecule has 0 bridgehead atoms. The first-order valence-electron chi connectivity index (χ1n) is 9.83. The Morgan fingerprint density at radius 3 is 2.47 bits per heavy atom. The topological polar surface area (TPSA) is 69.0 Å². The van der Waals surface area contributed by atoms with Crippen LogP contribution in [0.2, 0.25) is 0 Å². The van der Waals surface area contributed by atoms with Crippen molar-refractivity contribution in [3.8, 4) is 17.4 Å². The van der Waals surface area contributed by atoms with Gasteiger partial charge in [0.05, 0.1) is 0 Å². The Labute approximate surface area is 175 Å². The van der Waals surface area contributed by atoms with E-state index < -0.39 is 0 Å². The van der Waals surface area contributed by atoms with Gasteiger partial charge in [0, 0.05) is 30.6 Å². The van der Waals surface area contributed by atoms with Crippen LogP contribution in [-0.4, -0.2) is 20.4 Å². The van der Waals surface area contributed by atoms with Crippen molar-refractivity contribution >= 4 is 11.6 Å². The summed E-state index contributed by atoms with van der Waals surface area (Å²) in [6, 6.07) is 23.0. The van der Waals surface area contributed by atoms with Crippen molar-refractivity contribution in [2.75, 3.05) is 5.32 Å². The molecule has 0 saturated carbocycles. The standard InChI is InChI=1S/C24H22N4O2/c29-23(10-6-9-19-7-2-1-3-8-19)27-20-11-13-21(14-12-20)30-24-17-22(25-18-26-24)28-15-4-5-16-28/h1-5,7-8,11-18H,6,9-10H2,(H,27,29). The molecule has 2 heterocycles. The molecule has 2 aromatic heterocycles. The van der Waals surface area contributed by atoms with Crippen molar-refractivity contribution in [3.05, 3.63) is 97.1 Å². The predicted octanol–water partition coefficient (Wildman–Crippen LogP) is 5.02. The highest BCUT2D eigenvalue weighted by atomic mass is 16.5. The Kier molecular flexibility index (Phi) is 6.15. The summed E-state index contributed by atoms with van der Waals surface area (Å²) in [5.41, 5.74) is 1.99. The maximum atomic E-state index is 12.2. The number of aryl methyl sites for hydroxylation is 1. The van der Waals surface area contributed by atoms with Gasteiger partial charge in [0.25, 0.3) is 0 Å². The van der Waals surface area contributed by atoms with E-state index in [4.69, 9.17) is 4.74 Å². The highest BCUT2D eigenvalue weighted by Crippen LogP contribution is 2.22. The summed E-state index contributed by atoms with van der Waals surface area (Å²) < 4.78 is 7.69. The highest BCUT2D eigenvalue weighted by Gasteiger charge is 2.05. The van der Waals surface area contributed by atoms with Gasteiger partial charge in [-0.05, 0) is 54.8 Å². The Morgan fingerprint density at radius 2 is 1.70 bits per heavy atom. The SMILES string of the molecule is O=C(CCCc1ccccc1)Nc1ccc(Oc2cc(-n3cccc3)ncn2)cc1. The third kappa shape index (κ3) is 5.32. The molecule has 6 heteroatoms. The van der Waals surface area contributed by atoms with Crippen LogP contribution in [0, 0.1) is 0 Å². The first kappa shape index (κ1) is 19.4. The van der Waals surface area contributed by atoms with Crippen LogP contribution in [0.3, 0.4) is 0 Å². The van der Waals surface area contributed by atoms with Crippen LogP contribution in [0.5, 0.6) is 11.6 Å². The highest BCUT2D eigenvalue weighted by molar-refractivity contribution is 5.90. The minimum absolute atomic E-state index is 0.00626. The summed E-state index contributed by atoms with van der Waals surface area (Å²) in [5.74, 6) is 1.82. The molecule has 0 atom stereocenters. The van der Waals surface area contributed by atoms with Crippen LogP contribution >= 0.6 is 0 Å². The van der Waals surface area contributed by atoms with Gasteiger partial charge < -0.3 is 14.6 Å². The number of nitrogens with zero attached hydrogens (tertiary/aromatic N) is 3. The van der Waals surface area contributed by atoms with Crippen LogP contribution in [0.4, 0.5) is 5.69 Å². The molecule has 4 rings (SSSR count). The van der Waals surface area contributed by atoms with Gasteiger partial charge >= 0.3 is 0 Å². The largest absolute Gasteiger partial charge is 0.439 e. The Hall–Kier alpha value is -3.93. The van der Waals surface area contributed by atoms with Gasteiger partial charge in [0.1, 0.15) is 17.9 Å². The zero-order valence-corrected chi connectivity index (χ0v) is 16.4. The number of ether oxygens (including phenoxy) is 1. The fourth-order valence-electron chi connectivity index (χ4n) is 3.06. The van der Waals surface area contributed by atoms with E-state index in [9.17, 15) is 4.79 Å². The number of carbonyl (C=O) groups is 1. The quantitative estimate of drug-likeness (QED) is 0.452. The lowest BCUT2D eigenvalue weighted by atomic mass is 10.1. The monoisotopic (exact) mass is 398 g/mol. The number of hydrogen-bond acceptors (Lipinski definition) is 4. The fraction of sp³-hybridized carbons (Fsp3) is 0.125. The number of rotatable bonds is 8. The predicted molar refractivity (Wildman–Crippen MR) is 116 cm³/mol. The van der Waals surface area contributed by atoms with E-state index >= 15 is 0 Å². The number of benzene rings is 2. The third-order valence-corrected chi connectivity index (χ3v) is 4.57. The van der Waals surface area contributed by atoms with E-state index in [1.165, 1.54) is 11.9 Å². The summed E-state index contributed by atoms with van der Waals surface area (Å²) in [7, 11) is 0. The van der Waals surface area contributed by atoms with Crippen molar-refractivity contribution in [1.29, 1.82) is 0 Å². The lowest BCUT2D eigenvalue weighted by Crippen LogP contribution is -2.11. The molecule has 30 heavy (non-hydrogen) atoms. The van der Waals surface area contributed by atoms with Gasteiger partial charge in [-0.15, -0.1) is 0 Å². The van der Waals surface area contributed by atoms with Gasteiger partial charge in [-0.2, -0.15) is 0 Å². The second kappa shape index (κ2) is 9.52. The normalized spacial score (nSPS) is 10.5. The molecular formula is C24H22N4O2. The molecule has 1 N–H and O–H groups in total. The molecule has 0 spiro atoms. The van der Waals surface area contributed by atoms with E-state index in [1.807, 2.05) is 59.4 Å². The molecule has 150 valence electrons. The van der Waals surface area contributed by atoms with Crippen LogP contribution in [-0.2, 0) is 11.2 Å². The molecular weight excluding hydrogens is 376 g/mol. The summed E-state index contributed by atoms with van der Waals surface area (Å²) >= 11 is 0. The minimum atomic E-state index is 0.00626. The lowest BCUT2D eigenvalue weighted by Gasteiger charge is -2.09. The summed E-state index contributed by atoms with van der Waals surface area (Å²) in [6.45, 7) is 0. The number of aromatic nitrogens is 3. The van der Waals surface area contributed by atoms with Crippen molar-refractivity contribution in [1.82, 2.24) is 14.5 Å². The third-order valence-electron chi connectivity index (χ3n) is 4.57. The Bertz CT molecular complexity index is 1080. The molecule has 0 aliphatic rings. The Balaban J connectivity index is 1.29. The smallest absolute Gasteiger partial charge is 0.224 e. The molecule has 0 aliphatic heterocycles. The maximum Gasteiger partial charge on any atom is 0.224 e. The number of carbonyl (C=O) groups excluding carboxylic acids is 1. The van der Waals surface area contributed by atoms with Crippen molar-refractivity contribution in [2.45, 2.75) is 19.3 Å². The number of nitrogens with one attached hydrogen (secondary N) is 1. The zero-order chi connectivity index (χ0) is 20.6. The fourth-order valence-corrected chi connectivity index (χ4v) is 3.06. The summed E-state index contributed by atoms with van der Waals surface area (Å²) in [4.78, 5) is 20.6. The van der Waals surface area contributed by atoms with Crippen molar-refractivity contribution in [2.24, 2.45) is 0 Å². The zero-order valence-electron chi connectivity index (χ0n) is 16.4. The molecule has 4 aromatic rings. The number of amides is 1. The van der Waals surface area contributed by atoms with E-state index in [0.29, 0.717) is 18.1 Å². The molecule has 0 aliphatic carbocycles. The molecule has 0 unspecified atom stereocenters. The average molecular weight is 398 g/mol. The van der Waals surface area contributed by atoms with Gasteiger partial charge in [-0.1, -0.05) is 30.3 Å². The minimum Gasteiger partial charge on any atom is -0.439 e. The van der Waals surface area contributed by atoms with Gasteiger partial charge in [-0.3, -0.25) is 4.79 Å². The molecule has 1 amide bonds. The van der Waals surface area contributed by atoms with Gasteiger partial charge in [-0.25, -0.2) is 9.97 Å². The van der Waals surface area contributed by atoms with Crippen LogP contribution in [0.15, 0.2) is 91.5 Å².